The molecule has 1 atom stereocenters. The largest absolute Gasteiger partial charge is 0.363 e. The van der Waals surface area contributed by atoms with Crippen LogP contribution in [0, 0.1) is 10.1 Å². The van der Waals surface area contributed by atoms with E-state index in [0.717, 1.165) is 0 Å². The maximum atomic E-state index is 13.2. The molecule has 0 fully saturated rings. The van der Waals surface area contributed by atoms with Crippen LogP contribution in [0.2, 0.25) is 5.02 Å². The summed E-state index contributed by atoms with van der Waals surface area (Å²) in [4.78, 5) is 24.9. The van der Waals surface area contributed by atoms with E-state index < -0.39 is 16.6 Å². The van der Waals surface area contributed by atoms with Gasteiger partial charge < -0.3 is 5.11 Å². The number of aliphatic hydroxyl groups is 1. The molecule has 1 heterocycles. The predicted molar refractivity (Wildman–Crippen MR) is 116 cm³/mol. The first-order valence-corrected chi connectivity index (χ1v) is 9.71. The molecule has 1 unspecified atom stereocenters. The highest BCUT2D eigenvalue weighted by Gasteiger charge is 2.51. The van der Waals surface area contributed by atoms with Crippen LogP contribution in [0.15, 0.2) is 77.9 Å². The van der Waals surface area contributed by atoms with Gasteiger partial charge in [-0.2, -0.15) is 0 Å². The first kappa shape index (κ1) is 21.8. The second-order valence-corrected chi connectivity index (χ2v) is 7.57. The van der Waals surface area contributed by atoms with Gasteiger partial charge in [0, 0.05) is 34.8 Å². The van der Waals surface area contributed by atoms with Crippen molar-refractivity contribution >= 4 is 34.8 Å². The van der Waals surface area contributed by atoms with Crippen molar-refractivity contribution in [2.75, 3.05) is 0 Å². The van der Waals surface area contributed by atoms with E-state index in [2.05, 4.69) is 6.58 Å². The minimum Gasteiger partial charge on any atom is -0.363 e. The highest BCUT2D eigenvalue weighted by molar-refractivity contribution is 6.34. The molecule has 0 radical (unpaired) electrons. The Labute approximate surface area is 183 Å². The second kappa shape index (κ2) is 8.44. The van der Waals surface area contributed by atoms with Gasteiger partial charge in [-0.1, -0.05) is 66.2 Å². The molecule has 1 aliphatic heterocycles. The number of carbonyl (C=O) groups excluding carboxylic acids is 1. The SMILES string of the molecule is C=C(Cl)/C=C\C(=C/C)C1(O)c2cccc(Cl)c2C(=O)N1Cc1ccc([N+](=O)[O-])cc1. The van der Waals surface area contributed by atoms with Gasteiger partial charge in [0.15, 0.2) is 5.72 Å². The number of amides is 1. The van der Waals surface area contributed by atoms with Crippen molar-refractivity contribution in [3.05, 3.63) is 110 Å². The Morgan fingerprint density at radius 3 is 2.50 bits per heavy atom. The Hall–Kier alpha value is -2.93. The summed E-state index contributed by atoms with van der Waals surface area (Å²) in [5, 5.41) is 23.2. The fourth-order valence-electron chi connectivity index (χ4n) is 3.46. The van der Waals surface area contributed by atoms with Gasteiger partial charge in [-0.3, -0.25) is 19.8 Å². The molecule has 1 N–H and O–H groups in total. The topological polar surface area (TPSA) is 83.7 Å². The normalized spacial score (nSPS) is 18.7. The Morgan fingerprint density at radius 1 is 1.27 bits per heavy atom. The van der Waals surface area contributed by atoms with Gasteiger partial charge in [0.2, 0.25) is 0 Å². The molecule has 30 heavy (non-hydrogen) atoms. The van der Waals surface area contributed by atoms with E-state index in [0.29, 0.717) is 16.7 Å². The molecule has 1 amide bonds. The van der Waals surface area contributed by atoms with Gasteiger partial charge in [-0.15, -0.1) is 0 Å². The Balaban J connectivity index is 2.12. The summed E-state index contributed by atoms with van der Waals surface area (Å²) in [6.07, 6.45) is 4.77. The van der Waals surface area contributed by atoms with E-state index in [9.17, 15) is 20.0 Å². The third-order valence-corrected chi connectivity index (χ3v) is 5.32. The van der Waals surface area contributed by atoms with E-state index in [1.807, 2.05) is 0 Å². The molecule has 2 aromatic carbocycles. The van der Waals surface area contributed by atoms with Crippen LogP contribution in [0.3, 0.4) is 0 Å². The van der Waals surface area contributed by atoms with Crippen molar-refractivity contribution in [2.24, 2.45) is 0 Å². The quantitative estimate of drug-likeness (QED) is 0.371. The molecular formula is C22H18Cl2N2O4. The fourth-order valence-corrected chi connectivity index (χ4v) is 3.77. The number of carbonyl (C=O) groups is 1. The van der Waals surface area contributed by atoms with Crippen LogP contribution >= 0.6 is 23.2 Å². The minimum absolute atomic E-state index is 0.00530. The van der Waals surface area contributed by atoms with Crippen molar-refractivity contribution in [2.45, 2.75) is 19.2 Å². The highest BCUT2D eigenvalue weighted by Crippen LogP contribution is 2.46. The van der Waals surface area contributed by atoms with Gasteiger partial charge in [-0.05, 0) is 24.6 Å². The lowest BCUT2D eigenvalue weighted by Crippen LogP contribution is -2.44. The lowest BCUT2D eigenvalue weighted by molar-refractivity contribution is -0.384. The van der Waals surface area contributed by atoms with Crippen molar-refractivity contribution in [1.82, 2.24) is 4.90 Å². The Bertz CT molecular complexity index is 1090. The summed E-state index contributed by atoms with van der Waals surface area (Å²) in [7, 11) is 0. The van der Waals surface area contributed by atoms with E-state index in [1.54, 1.807) is 49.4 Å². The van der Waals surface area contributed by atoms with Gasteiger partial charge >= 0.3 is 0 Å². The first-order valence-electron chi connectivity index (χ1n) is 8.96. The molecule has 0 saturated heterocycles. The number of fused-ring (bicyclic) bond motifs is 1. The molecule has 6 nitrogen and oxygen atoms in total. The third-order valence-electron chi connectivity index (χ3n) is 4.88. The number of allylic oxidation sites excluding steroid dienone is 3. The van der Waals surface area contributed by atoms with E-state index in [-0.39, 0.29) is 27.9 Å². The van der Waals surface area contributed by atoms with Crippen molar-refractivity contribution in [3.8, 4) is 0 Å². The Kier molecular flexibility index (Phi) is 6.12. The average molecular weight is 445 g/mol. The predicted octanol–water partition coefficient (Wildman–Crippen LogP) is 5.30. The number of nitro groups is 1. The minimum atomic E-state index is -1.81. The standard InChI is InChI=1S/C22H18Cl2N2O4/c1-3-16(10-7-14(2)23)22(28)18-5-4-6-19(24)20(18)21(27)25(22)13-15-8-11-17(12-9-15)26(29)30/h3-12,28H,2,13H2,1H3/b10-7-,16-3+. The van der Waals surface area contributed by atoms with Crippen LogP contribution in [0.25, 0.3) is 0 Å². The van der Waals surface area contributed by atoms with Crippen LogP contribution in [0.4, 0.5) is 5.69 Å². The highest BCUT2D eigenvalue weighted by atomic mass is 35.5. The monoisotopic (exact) mass is 444 g/mol. The fraction of sp³-hybridized carbons (Fsp3) is 0.136. The maximum absolute atomic E-state index is 13.2. The summed E-state index contributed by atoms with van der Waals surface area (Å²) in [6.45, 7) is 5.34. The maximum Gasteiger partial charge on any atom is 0.269 e. The number of hydrogen-bond donors (Lipinski definition) is 1. The molecule has 0 bridgehead atoms. The summed E-state index contributed by atoms with van der Waals surface area (Å²) < 4.78 is 0. The number of non-ortho nitro benzene ring substituents is 1. The zero-order valence-corrected chi connectivity index (χ0v) is 17.5. The van der Waals surface area contributed by atoms with Crippen molar-refractivity contribution in [3.63, 3.8) is 0 Å². The molecule has 154 valence electrons. The molecule has 0 aliphatic carbocycles. The zero-order chi connectivity index (χ0) is 22.1. The van der Waals surface area contributed by atoms with Crippen LogP contribution in [0.1, 0.15) is 28.4 Å². The van der Waals surface area contributed by atoms with Gasteiger partial charge in [0.25, 0.3) is 11.6 Å². The van der Waals surface area contributed by atoms with Gasteiger partial charge in [0.05, 0.1) is 15.5 Å². The van der Waals surface area contributed by atoms with E-state index in [1.165, 1.54) is 23.1 Å². The van der Waals surface area contributed by atoms with Crippen LogP contribution in [0.5, 0.6) is 0 Å². The lowest BCUT2D eigenvalue weighted by atomic mass is 9.92. The molecule has 0 saturated carbocycles. The van der Waals surface area contributed by atoms with Crippen molar-refractivity contribution in [1.29, 1.82) is 0 Å². The molecule has 3 rings (SSSR count). The van der Waals surface area contributed by atoms with E-state index in [4.69, 9.17) is 23.2 Å². The lowest BCUT2D eigenvalue weighted by Gasteiger charge is -2.35. The molecule has 2 aromatic rings. The smallest absolute Gasteiger partial charge is 0.269 e. The Morgan fingerprint density at radius 2 is 1.93 bits per heavy atom. The summed E-state index contributed by atoms with van der Waals surface area (Å²) in [5.74, 6) is -0.450. The molecule has 0 spiro atoms. The van der Waals surface area contributed by atoms with E-state index >= 15 is 0 Å². The summed E-state index contributed by atoms with van der Waals surface area (Å²) >= 11 is 12.1. The third kappa shape index (κ3) is 3.77. The van der Waals surface area contributed by atoms with Crippen LogP contribution in [-0.2, 0) is 12.3 Å². The first-order chi connectivity index (χ1) is 14.2. The number of benzene rings is 2. The average Bonchev–Trinajstić information content (AvgIpc) is 2.92. The number of rotatable bonds is 6. The van der Waals surface area contributed by atoms with Crippen molar-refractivity contribution < 1.29 is 14.8 Å². The number of halogens is 2. The number of nitro benzene ring substituents is 1. The zero-order valence-electron chi connectivity index (χ0n) is 16.0. The van der Waals surface area contributed by atoms with Gasteiger partial charge in [0.1, 0.15) is 0 Å². The summed E-state index contributed by atoms with van der Waals surface area (Å²) in [5.41, 5.74) is -0.304. The van der Waals surface area contributed by atoms with Crippen LogP contribution in [-0.4, -0.2) is 20.8 Å². The number of nitrogens with zero attached hydrogens (tertiary/aromatic N) is 2. The molecular weight excluding hydrogens is 427 g/mol. The van der Waals surface area contributed by atoms with Gasteiger partial charge in [-0.25, -0.2) is 0 Å². The molecule has 0 aromatic heterocycles. The molecule has 8 heteroatoms. The number of hydrogen-bond acceptors (Lipinski definition) is 4. The summed E-state index contributed by atoms with van der Waals surface area (Å²) in [6, 6.07) is 10.7. The second-order valence-electron chi connectivity index (χ2n) is 6.67. The van der Waals surface area contributed by atoms with Crippen LogP contribution < -0.4 is 0 Å². The molecule has 1 aliphatic rings.